The van der Waals surface area contributed by atoms with Crippen molar-refractivity contribution in [2.45, 2.75) is 71.6 Å². The molecule has 0 aliphatic heterocycles. The Balaban J connectivity index is 3.39. The van der Waals surface area contributed by atoms with Crippen LogP contribution < -0.4 is 0 Å². The van der Waals surface area contributed by atoms with E-state index in [0.29, 0.717) is 13.1 Å². The normalized spacial score (nSPS) is 12.2. The zero-order valence-corrected chi connectivity index (χ0v) is 13.3. The molecule has 0 fully saturated rings. The van der Waals surface area contributed by atoms with Gasteiger partial charge >= 0.3 is 0 Å². The van der Waals surface area contributed by atoms with Gasteiger partial charge < -0.3 is 0 Å². The predicted molar refractivity (Wildman–Crippen MR) is 79.3 cm³/mol. The Bertz CT molecular complexity index is 276. The highest BCUT2D eigenvalue weighted by molar-refractivity contribution is 7.88. The minimum atomic E-state index is -2.99. The lowest BCUT2D eigenvalue weighted by molar-refractivity contribution is 0.414. The summed E-state index contributed by atoms with van der Waals surface area (Å²) in [5.41, 5.74) is 0. The molecule has 0 aliphatic rings. The fourth-order valence-corrected chi connectivity index (χ4v) is 3.09. The van der Waals surface area contributed by atoms with E-state index in [4.69, 9.17) is 0 Å². The monoisotopic (exact) mass is 277 g/mol. The Kier molecular flexibility index (Phi) is 10.7. The molecule has 4 heteroatoms. The lowest BCUT2D eigenvalue weighted by Gasteiger charge is -2.17. The molecule has 0 aromatic rings. The molecule has 0 saturated carbocycles. The minimum Gasteiger partial charge on any atom is -0.213 e. The molecule has 0 bridgehead atoms. The van der Waals surface area contributed by atoms with Gasteiger partial charge in [-0.1, -0.05) is 65.2 Å². The van der Waals surface area contributed by atoms with Gasteiger partial charge in [0.15, 0.2) is 0 Å². The Morgan fingerprint density at radius 3 is 1.61 bits per heavy atom. The van der Waals surface area contributed by atoms with Crippen LogP contribution in [0.4, 0.5) is 0 Å². The first-order valence-corrected chi connectivity index (χ1v) is 9.32. The van der Waals surface area contributed by atoms with Crippen LogP contribution in [0.3, 0.4) is 0 Å². The van der Waals surface area contributed by atoms with Crippen LogP contribution in [0, 0.1) is 0 Å². The molecule has 0 atom stereocenters. The van der Waals surface area contributed by atoms with Gasteiger partial charge in [0.25, 0.3) is 0 Å². The number of sulfonamides is 1. The van der Waals surface area contributed by atoms with Gasteiger partial charge in [-0.2, -0.15) is 0 Å². The van der Waals surface area contributed by atoms with Crippen molar-refractivity contribution >= 4 is 10.0 Å². The van der Waals surface area contributed by atoms with E-state index in [0.717, 1.165) is 12.8 Å². The van der Waals surface area contributed by atoms with E-state index < -0.39 is 10.0 Å². The molecule has 0 N–H and O–H groups in total. The second-order valence-electron chi connectivity index (χ2n) is 5.08. The Morgan fingerprint density at radius 1 is 0.778 bits per heavy atom. The van der Waals surface area contributed by atoms with Gasteiger partial charge in [-0.25, -0.2) is 12.7 Å². The van der Waals surface area contributed by atoms with E-state index in [9.17, 15) is 8.42 Å². The van der Waals surface area contributed by atoms with Crippen molar-refractivity contribution in [3.05, 3.63) is 0 Å². The summed E-state index contributed by atoms with van der Waals surface area (Å²) in [6, 6.07) is 0. The molecule has 0 radical (unpaired) electrons. The van der Waals surface area contributed by atoms with Gasteiger partial charge in [0, 0.05) is 13.1 Å². The third-order valence-corrected chi connectivity index (χ3v) is 4.71. The second kappa shape index (κ2) is 10.8. The molecule has 0 aromatic heterocycles. The molecular weight excluding hydrogens is 246 g/mol. The maximum absolute atomic E-state index is 11.4. The topological polar surface area (TPSA) is 37.4 Å². The van der Waals surface area contributed by atoms with Crippen LogP contribution in [0.25, 0.3) is 0 Å². The number of nitrogens with zero attached hydrogens (tertiary/aromatic N) is 1. The molecule has 0 amide bonds. The molecule has 110 valence electrons. The highest BCUT2D eigenvalue weighted by Gasteiger charge is 2.12. The molecule has 0 spiro atoms. The lowest BCUT2D eigenvalue weighted by Crippen LogP contribution is -2.30. The first kappa shape index (κ1) is 17.9. The van der Waals surface area contributed by atoms with Crippen LogP contribution in [-0.4, -0.2) is 32.1 Å². The van der Waals surface area contributed by atoms with Crippen molar-refractivity contribution in [2.75, 3.05) is 19.3 Å². The zero-order chi connectivity index (χ0) is 13.9. The summed E-state index contributed by atoms with van der Waals surface area (Å²) in [5.74, 6) is 0. The van der Waals surface area contributed by atoms with E-state index >= 15 is 0 Å². The van der Waals surface area contributed by atoms with Crippen molar-refractivity contribution in [3.63, 3.8) is 0 Å². The van der Waals surface area contributed by atoms with Gasteiger partial charge in [-0.3, -0.25) is 0 Å². The Labute approximate surface area is 114 Å². The first-order chi connectivity index (χ1) is 8.52. The molecule has 0 saturated heterocycles. The highest BCUT2D eigenvalue weighted by atomic mass is 32.2. The number of rotatable bonds is 12. The second-order valence-corrected chi connectivity index (χ2v) is 7.07. The maximum atomic E-state index is 11.4. The van der Waals surface area contributed by atoms with E-state index in [2.05, 4.69) is 6.92 Å². The molecule has 0 aliphatic carbocycles. The highest BCUT2D eigenvalue weighted by Crippen LogP contribution is 2.10. The minimum absolute atomic E-state index is 0.593. The molecule has 0 rings (SSSR count). The van der Waals surface area contributed by atoms with Crippen LogP contribution in [-0.2, 0) is 10.0 Å². The van der Waals surface area contributed by atoms with Gasteiger partial charge in [0.1, 0.15) is 0 Å². The Morgan fingerprint density at radius 2 is 1.22 bits per heavy atom. The largest absolute Gasteiger partial charge is 0.213 e. The SMILES string of the molecule is CCCCCCCCCCCN(CC)S(C)(=O)=O. The van der Waals surface area contributed by atoms with E-state index in [1.54, 1.807) is 4.31 Å². The smallest absolute Gasteiger partial charge is 0.211 e. The van der Waals surface area contributed by atoms with Gasteiger partial charge in [0.05, 0.1) is 6.26 Å². The summed E-state index contributed by atoms with van der Waals surface area (Å²) in [6.07, 6.45) is 12.7. The summed E-state index contributed by atoms with van der Waals surface area (Å²) in [7, 11) is -2.99. The van der Waals surface area contributed by atoms with Crippen LogP contribution in [0.15, 0.2) is 0 Å². The molecule has 0 heterocycles. The standard InChI is InChI=1S/C14H31NO2S/c1-4-6-7-8-9-10-11-12-13-14-15(5-2)18(3,16)17/h4-14H2,1-3H3. The first-order valence-electron chi connectivity index (χ1n) is 7.47. The average molecular weight is 277 g/mol. The van der Waals surface area contributed by atoms with E-state index in [1.165, 1.54) is 51.2 Å². The van der Waals surface area contributed by atoms with Crippen molar-refractivity contribution < 1.29 is 8.42 Å². The van der Waals surface area contributed by atoms with Gasteiger partial charge in [-0.05, 0) is 6.42 Å². The lowest BCUT2D eigenvalue weighted by atomic mass is 10.1. The third-order valence-electron chi connectivity index (χ3n) is 3.33. The summed E-state index contributed by atoms with van der Waals surface area (Å²) < 4.78 is 24.3. The van der Waals surface area contributed by atoms with Crippen molar-refractivity contribution in [1.29, 1.82) is 0 Å². The number of unbranched alkanes of at least 4 members (excludes halogenated alkanes) is 8. The van der Waals surface area contributed by atoms with Crippen molar-refractivity contribution in [1.82, 2.24) is 4.31 Å². The van der Waals surface area contributed by atoms with Crippen molar-refractivity contribution in [3.8, 4) is 0 Å². The molecule has 3 nitrogen and oxygen atoms in total. The third kappa shape index (κ3) is 9.89. The van der Waals surface area contributed by atoms with Gasteiger partial charge in [-0.15, -0.1) is 0 Å². The number of hydrogen-bond acceptors (Lipinski definition) is 2. The predicted octanol–water partition coefficient (Wildman–Crippen LogP) is 3.80. The average Bonchev–Trinajstić information content (AvgIpc) is 2.30. The Hall–Kier alpha value is -0.0900. The van der Waals surface area contributed by atoms with E-state index in [1.807, 2.05) is 6.92 Å². The summed E-state index contributed by atoms with van der Waals surface area (Å²) >= 11 is 0. The maximum Gasteiger partial charge on any atom is 0.211 e. The molecular formula is C14H31NO2S. The van der Waals surface area contributed by atoms with Gasteiger partial charge in [0.2, 0.25) is 10.0 Å². The zero-order valence-electron chi connectivity index (χ0n) is 12.5. The van der Waals surface area contributed by atoms with Crippen LogP contribution in [0.5, 0.6) is 0 Å². The number of hydrogen-bond donors (Lipinski definition) is 0. The fourth-order valence-electron chi connectivity index (χ4n) is 2.16. The fraction of sp³-hybridized carbons (Fsp3) is 1.00. The van der Waals surface area contributed by atoms with Crippen LogP contribution in [0.1, 0.15) is 71.6 Å². The van der Waals surface area contributed by atoms with Crippen LogP contribution >= 0.6 is 0 Å². The van der Waals surface area contributed by atoms with Crippen molar-refractivity contribution in [2.24, 2.45) is 0 Å². The molecule has 0 aromatic carbocycles. The summed E-state index contributed by atoms with van der Waals surface area (Å²) in [6.45, 7) is 5.41. The molecule has 18 heavy (non-hydrogen) atoms. The van der Waals surface area contributed by atoms with Crippen LogP contribution in [0.2, 0.25) is 0 Å². The molecule has 0 unspecified atom stereocenters. The summed E-state index contributed by atoms with van der Waals surface area (Å²) in [5, 5.41) is 0. The summed E-state index contributed by atoms with van der Waals surface area (Å²) in [4.78, 5) is 0. The quantitative estimate of drug-likeness (QED) is 0.509. The van der Waals surface area contributed by atoms with E-state index in [-0.39, 0.29) is 0 Å².